The standard InChI is InChI=1S/C34H43N3O3/c1-23(40-2)29-20-24(15-19-33(29)38)14-18-31-34(39)37(32-13-9-8-12-30(32)35-31)28-21-26-16-17-27(22-28)36(26)25-10-6-4-3-5-7-11-25/h8-9,12-13,15,19-20,25-28,38H,1,3-7,10-11,14,16-18,21-22H2,2H3/t26-,27+,28?. The van der Waals surface area contributed by atoms with Crippen molar-refractivity contribution in [3.8, 4) is 5.75 Å². The number of hydrogen-bond donors (Lipinski definition) is 1. The van der Waals surface area contributed by atoms with Gasteiger partial charge in [0.1, 0.15) is 17.2 Å². The van der Waals surface area contributed by atoms with E-state index in [4.69, 9.17) is 9.72 Å². The highest BCUT2D eigenvalue weighted by Crippen LogP contribution is 2.44. The van der Waals surface area contributed by atoms with Crippen LogP contribution in [0, 0.1) is 0 Å². The summed E-state index contributed by atoms with van der Waals surface area (Å²) in [5.74, 6) is 0.563. The van der Waals surface area contributed by atoms with E-state index in [1.165, 1.54) is 57.8 Å². The number of rotatable bonds is 7. The molecule has 1 unspecified atom stereocenters. The van der Waals surface area contributed by atoms with Gasteiger partial charge in [0.05, 0.1) is 23.7 Å². The lowest BCUT2D eigenvalue weighted by Crippen LogP contribution is -2.50. The number of benzene rings is 2. The van der Waals surface area contributed by atoms with Crippen LogP contribution in [0.25, 0.3) is 16.8 Å². The van der Waals surface area contributed by atoms with Gasteiger partial charge >= 0.3 is 0 Å². The second kappa shape index (κ2) is 11.8. The maximum Gasteiger partial charge on any atom is 0.273 e. The summed E-state index contributed by atoms with van der Waals surface area (Å²) in [7, 11) is 1.55. The van der Waals surface area contributed by atoms with E-state index in [1.807, 2.05) is 30.3 Å². The molecule has 6 rings (SSSR count). The van der Waals surface area contributed by atoms with Gasteiger partial charge in [0, 0.05) is 24.2 Å². The van der Waals surface area contributed by atoms with Crippen molar-refractivity contribution in [1.82, 2.24) is 14.5 Å². The third-order valence-corrected chi connectivity index (χ3v) is 9.75. The first kappa shape index (κ1) is 27.1. The zero-order valence-corrected chi connectivity index (χ0v) is 23.9. The lowest BCUT2D eigenvalue weighted by molar-refractivity contribution is 0.0497. The summed E-state index contributed by atoms with van der Waals surface area (Å²) in [5.41, 5.74) is 4.12. The number of ether oxygens (including phenoxy) is 1. The number of nitrogens with zero attached hydrogens (tertiary/aromatic N) is 3. The number of phenolic OH excluding ortho intramolecular Hbond substituents is 1. The van der Waals surface area contributed by atoms with E-state index in [-0.39, 0.29) is 17.4 Å². The van der Waals surface area contributed by atoms with Crippen LogP contribution < -0.4 is 5.56 Å². The molecule has 1 N–H and O–H groups in total. The molecular weight excluding hydrogens is 498 g/mol. The van der Waals surface area contributed by atoms with Crippen molar-refractivity contribution in [3.63, 3.8) is 0 Å². The maximum absolute atomic E-state index is 14.1. The molecule has 3 fully saturated rings. The van der Waals surface area contributed by atoms with Gasteiger partial charge in [-0.3, -0.25) is 9.69 Å². The summed E-state index contributed by atoms with van der Waals surface area (Å²) < 4.78 is 7.35. The van der Waals surface area contributed by atoms with Gasteiger partial charge < -0.3 is 14.4 Å². The van der Waals surface area contributed by atoms with Crippen LogP contribution >= 0.6 is 0 Å². The van der Waals surface area contributed by atoms with Crippen LogP contribution in [0.5, 0.6) is 5.75 Å². The molecule has 3 aliphatic rings. The van der Waals surface area contributed by atoms with E-state index in [0.29, 0.717) is 41.9 Å². The molecule has 6 heteroatoms. The first-order valence-corrected chi connectivity index (χ1v) is 15.4. The fraction of sp³-hybridized carbons (Fsp3) is 0.529. The second-order valence-corrected chi connectivity index (χ2v) is 12.2. The largest absolute Gasteiger partial charge is 0.507 e. The number of phenols is 1. The number of piperidine rings is 1. The van der Waals surface area contributed by atoms with Gasteiger partial charge in [0.15, 0.2) is 0 Å². The summed E-state index contributed by atoms with van der Waals surface area (Å²) in [6, 6.07) is 15.7. The Balaban J connectivity index is 1.27. The highest BCUT2D eigenvalue weighted by molar-refractivity contribution is 5.75. The van der Waals surface area contributed by atoms with Crippen LogP contribution in [0.1, 0.15) is 93.5 Å². The first-order chi connectivity index (χ1) is 19.5. The number of para-hydroxylation sites is 2. The van der Waals surface area contributed by atoms with E-state index in [0.717, 1.165) is 35.5 Å². The molecule has 0 radical (unpaired) electrons. The molecule has 2 aliphatic heterocycles. The molecule has 2 saturated heterocycles. The number of aromatic hydroxyl groups is 1. The van der Waals surface area contributed by atoms with Crippen molar-refractivity contribution < 1.29 is 9.84 Å². The van der Waals surface area contributed by atoms with Crippen LogP contribution in [0.4, 0.5) is 0 Å². The van der Waals surface area contributed by atoms with Gasteiger partial charge in [-0.25, -0.2) is 4.98 Å². The zero-order valence-electron chi connectivity index (χ0n) is 23.9. The highest BCUT2D eigenvalue weighted by atomic mass is 16.5. The molecule has 212 valence electrons. The molecule has 40 heavy (non-hydrogen) atoms. The minimum atomic E-state index is 0.0582. The molecule has 1 aromatic heterocycles. The SMILES string of the molecule is C=C(OC)c1cc(CCc2nc3ccccc3n(C3C[C@H]4CC[C@@H](C3)N4C3CCCCCCC3)c2=O)ccc1O. The lowest BCUT2D eigenvalue weighted by atomic mass is 9.89. The minimum Gasteiger partial charge on any atom is -0.507 e. The first-order valence-electron chi connectivity index (χ1n) is 15.4. The van der Waals surface area contributed by atoms with Crippen molar-refractivity contribution in [2.75, 3.05) is 7.11 Å². The van der Waals surface area contributed by atoms with Crippen LogP contribution in [0.3, 0.4) is 0 Å². The van der Waals surface area contributed by atoms with Gasteiger partial charge in [0.2, 0.25) is 0 Å². The average molecular weight is 542 g/mol. The predicted octanol–water partition coefficient (Wildman–Crippen LogP) is 6.79. The van der Waals surface area contributed by atoms with Gasteiger partial charge in [0.25, 0.3) is 5.56 Å². The molecule has 2 aromatic carbocycles. The Kier molecular flexibility index (Phi) is 7.97. The molecule has 3 atom stereocenters. The summed E-state index contributed by atoms with van der Waals surface area (Å²) >= 11 is 0. The van der Waals surface area contributed by atoms with E-state index in [2.05, 4.69) is 22.1 Å². The quantitative estimate of drug-likeness (QED) is 0.334. The van der Waals surface area contributed by atoms with Crippen LogP contribution in [-0.4, -0.2) is 44.8 Å². The van der Waals surface area contributed by atoms with Crippen molar-refractivity contribution in [2.24, 2.45) is 0 Å². The molecule has 3 aromatic rings. The van der Waals surface area contributed by atoms with Gasteiger partial charge in [-0.1, -0.05) is 56.9 Å². The Morgan fingerprint density at radius 2 is 1.62 bits per heavy atom. The Morgan fingerprint density at radius 1 is 0.925 bits per heavy atom. The molecule has 1 saturated carbocycles. The van der Waals surface area contributed by atoms with Crippen molar-refractivity contribution >= 4 is 16.8 Å². The van der Waals surface area contributed by atoms with E-state index in [9.17, 15) is 9.90 Å². The predicted molar refractivity (Wildman–Crippen MR) is 161 cm³/mol. The summed E-state index contributed by atoms with van der Waals surface area (Å²) in [6.45, 7) is 3.89. The van der Waals surface area contributed by atoms with Crippen molar-refractivity contribution in [2.45, 2.75) is 108 Å². The Hall–Kier alpha value is -3.12. The number of hydrogen-bond acceptors (Lipinski definition) is 5. The van der Waals surface area contributed by atoms with Gasteiger partial charge in [-0.05, 0) is 81.2 Å². The molecule has 2 bridgehead atoms. The average Bonchev–Trinajstić information content (AvgIpc) is 3.20. The van der Waals surface area contributed by atoms with Crippen molar-refractivity contribution in [1.29, 1.82) is 0 Å². The third kappa shape index (κ3) is 5.30. The molecule has 0 amide bonds. The van der Waals surface area contributed by atoms with E-state index >= 15 is 0 Å². The fourth-order valence-electron chi connectivity index (χ4n) is 7.79. The van der Waals surface area contributed by atoms with E-state index < -0.39 is 0 Å². The molecule has 3 heterocycles. The summed E-state index contributed by atoms with van der Waals surface area (Å²) in [6.07, 6.45) is 15.4. The van der Waals surface area contributed by atoms with Gasteiger partial charge in [-0.15, -0.1) is 0 Å². The Morgan fingerprint density at radius 3 is 2.35 bits per heavy atom. The molecular formula is C34H43N3O3. The topological polar surface area (TPSA) is 67.6 Å². The number of fused-ring (bicyclic) bond motifs is 3. The smallest absolute Gasteiger partial charge is 0.273 e. The van der Waals surface area contributed by atoms with Crippen LogP contribution in [-0.2, 0) is 17.6 Å². The Bertz CT molecular complexity index is 1410. The maximum atomic E-state index is 14.1. The monoisotopic (exact) mass is 541 g/mol. The third-order valence-electron chi connectivity index (χ3n) is 9.75. The van der Waals surface area contributed by atoms with Crippen molar-refractivity contribution in [3.05, 3.63) is 76.2 Å². The lowest BCUT2D eigenvalue weighted by Gasteiger charge is -2.45. The number of methoxy groups -OCH3 is 1. The minimum absolute atomic E-state index is 0.0582. The molecule has 0 spiro atoms. The van der Waals surface area contributed by atoms with Gasteiger partial charge in [-0.2, -0.15) is 0 Å². The highest BCUT2D eigenvalue weighted by Gasteiger charge is 2.44. The Labute approximate surface area is 237 Å². The second-order valence-electron chi connectivity index (χ2n) is 12.2. The molecule has 1 aliphatic carbocycles. The zero-order chi connectivity index (χ0) is 27.6. The summed E-state index contributed by atoms with van der Waals surface area (Å²) in [4.78, 5) is 21.9. The number of aromatic nitrogens is 2. The number of aryl methyl sites for hydroxylation is 2. The normalized spacial score (nSPS) is 24.1. The van der Waals surface area contributed by atoms with E-state index in [1.54, 1.807) is 13.2 Å². The molecule has 6 nitrogen and oxygen atoms in total. The fourth-order valence-corrected chi connectivity index (χ4v) is 7.79. The summed E-state index contributed by atoms with van der Waals surface area (Å²) in [5, 5.41) is 10.2. The van der Waals surface area contributed by atoms with Crippen LogP contribution in [0.2, 0.25) is 0 Å². The van der Waals surface area contributed by atoms with Crippen LogP contribution in [0.15, 0.2) is 53.8 Å².